The molecular formula is C9H14ClNO. The molecular weight excluding hydrogens is 174 g/mol. The van der Waals surface area contributed by atoms with Gasteiger partial charge in [-0.05, 0) is 30.7 Å². The van der Waals surface area contributed by atoms with Gasteiger partial charge in [0, 0.05) is 0 Å². The van der Waals surface area contributed by atoms with Crippen LogP contribution in [0.15, 0.2) is 24.3 Å². The van der Waals surface area contributed by atoms with Crippen LogP contribution in [0.1, 0.15) is 5.56 Å². The monoisotopic (exact) mass is 187 g/mol. The van der Waals surface area contributed by atoms with E-state index < -0.39 is 0 Å². The molecule has 2 N–H and O–H groups in total. The number of hydrogen-bond donors (Lipinski definition) is 1. The van der Waals surface area contributed by atoms with Crippen molar-refractivity contribution in [1.82, 2.24) is 0 Å². The van der Waals surface area contributed by atoms with Crippen LogP contribution in [0.2, 0.25) is 0 Å². The molecule has 0 aliphatic heterocycles. The van der Waals surface area contributed by atoms with Crippen molar-refractivity contribution in [2.45, 2.75) is 6.42 Å². The van der Waals surface area contributed by atoms with E-state index >= 15 is 0 Å². The van der Waals surface area contributed by atoms with Crippen LogP contribution in [0, 0.1) is 0 Å². The standard InChI is InChI=1S/C9H13NO.ClH/c1-11-9-4-2-8(3-5-9)6-7-10;/h2-5H,6-7,10H2,1H3;1H. The molecule has 1 aromatic carbocycles. The van der Waals surface area contributed by atoms with Crippen LogP contribution >= 0.6 is 12.4 Å². The SMILES string of the molecule is COc1ccc(CCN)cc1.Cl. The topological polar surface area (TPSA) is 35.2 Å². The summed E-state index contributed by atoms with van der Waals surface area (Å²) >= 11 is 0. The Hall–Kier alpha value is -0.730. The van der Waals surface area contributed by atoms with Gasteiger partial charge in [0.2, 0.25) is 0 Å². The minimum atomic E-state index is 0. The van der Waals surface area contributed by atoms with Crippen molar-refractivity contribution in [3.05, 3.63) is 29.8 Å². The number of benzene rings is 1. The maximum atomic E-state index is 5.40. The van der Waals surface area contributed by atoms with Crippen LogP contribution in [-0.2, 0) is 6.42 Å². The van der Waals surface area contributed by atoms with Crippen LogP contribution in [-0.4, -0.2) is 13.7 Å². The molecule has 0 unspecified atom stereocenters. The predicted molar refractivity (Wildman–Crippen MR) is 53.0 cm³/mol. The van der Waals surface area contributed by atoms with Gasteiger partial charge in [-0.15, -0.1) is 12.4 Å². The zero-order valence-electron chi connectivity index (χ0n) is 7.12. The normalized spacial score (nSPS) is 8.83. The highest BCUT2D eigenvalue weighted by atomic mass is 35.5. The van der Waals surface area contributed by atoms with Gasteiger partial charge in [-0.1, -0.05) is 12.1 Å². The maximum Gasteiger partial charge on any atom is 0.118 e. The second kappa shape index (κ2) is 5.86. The fourth-order valence-electron chi connectivity index (χ4n) is 0.959. The lowest BCUT2D eigenvalue weighted by molar-refractivity contribution is 0.414. The summed E-state index contributed by atoms with van der Waals surface area (Å²) in [5.74, 6) is 0.894. The molecule has 0 aromatic heterocycles. The molecule has 0 fully saturated rings. The number of rotatable bonds is 3. The molecule has 68 valence electrons. The number of halogens is 1. The van der Waals surface area contributed by atoms with E-state index in [0.29, 0.717) is 6.54 Å². The first-order chi connectivity index (χ1) is 5.36. The molecule has 1 aromatic rings. The molecule has 0 radical (unpaired) electrons. The second-order valence-electron chi connectivity index (χ2n) is 2.39. The largest absolute Gasteiger partial charge is 0.497 e. The Morgan fingerprint density at radius 1 is 1.25 bits per heavy atom. The van der Waals surface area contributed by atoms with E-state index in [0.717, 1.165) is 12.2 Å². The summed E-state index contributed by atoms with van der Waals surface area (Å²) in [5, 5.41) is 0. The van der Waals surface area contributed by atoms with Gasteiger partial charge < -0.3 is 10.5 Å². The van der Waals surface area contributed by atoms with E-state index in [4.69, 9.17) is 10.5 Å². The van der Waals surface area contributed by atoms with Crippen molar-refractivity contribution in [2.75, 3.05) is 13.7 Å². The summed E-state index contributed by atoms with van der Waals surface area (Å²) in [5.41, 5.74) is 6.66. The molecule has 0 amide bonds. The third kappa shape index (κ3) is 3.11. The van der Waals surface area contributed by atoms with Crippen molar-refractivity contribution in [3.63, 3.8) is 0 Å². The first kappa shape index (κ1) is 11.3. The molecule has 0 bridgehead atoms. The van der Waals surface area contributed by atoms with E-state index in [2.05, 4.69) is 0 Å². The quantitative estimate of drug-likeness (QED) is 0.781. The van der Waals surface area contributed by atoms with Crippen molar-refractivity contribution < 1.29 is 4.74 Å². The van der Waals surface area contributed by atoms with Crippen LogP contribution in [0.25, 0.3) is 0 Å². The van der Waals surface area contributed by atoms with Crippen molar-refractivity contribution in [1.29, 1.82) is 0 Å². The Balaban J connectivity index is 0.00000121. The van der Waals surface area contributed by atoms with Gasteiger partial charge in [-0.25, -0.2) is 0 Å². The molecule has 0 heterocycles. The second-order valence-corrected chi connectivity index (χ2v) is 2.39. The number of methoxy groups -OCH3 is 1. The van der Waals surface area contributed by atoms with E-state index in [9.17, 15) is 0 Å². The van der Waals surface area contributed by atoms with E-state index in [1.165, 1.54) is 5.56 Å². The molecule has 2 nitrogen and oxygen atoms in total. The fourth-order valence-corrected chi connectivity index (χ4v) is 0.959. The van der Waals surface area contributed by atoms with Gasteiger partial charge in [0.25, 0.3) is 0 Å². The van der Waals surface area contributed by atoms with Gasteiger partial charge in [0.05, 0.1) is 7.11 Å². The Labute approximate surface area is 79.1 Å². The van der Waals surface area contributed by atoms with Crippen LogP contribution < -0.4 is 10.5 Å². The lowest BCUT2D eigenvalue weighted by atomic mass is 10.1. The van der Waals surface area contributed by atoms with Gasteiger partial charge in [-0.2, -0.15) is 0 Å². The fraction of sp³-hybridized carbons (Fsp3) is 0.333. The molecule has 0 saturated carbocycles. The zero-order valence-corrected chi connectivity index (χ0v) is 7.93. The number of hydrogen-bond acceptors (Lipinski definition) is 2. The van der Waals surface area contributed by atoms with Gasteiger partial charge >= 0.3 is 0 Å². The van der Waals surface area contributed by atoms with Crippen molar-refractivity contribution >= 4 is 12.4 Å². The average molecular weight is 188 g/mol. The zero-order chi connectivity index (χ0) is 8.10. The summed E-state index contributed by atoms with van der Waals surface area (Å²) in [4.78, 5) is 0. The highest BCUT2D eigenvalue weighted by molar-refractivity contribution is 5.85. The highest BCUT2D eigenvalue weighted by Crippen LogP contribution is 2.10. The summed E-state index contributed by atoms with van der Waals surface area (Å²) < 4.78 is 5.02. The van der Waals surface area contributed by atoms with Crippen LogP contribution in [0.5, 0.6) is 5.75 Å². The predicted octanol–water partition coefficient (Wildman–Crippen LogP) is 1.62. The summed E-state index contributed by atoms with van der Waals surface area (Å²) in [7, 11) is 1.66. The molecule has 1 rings (SSSR count). The molecule has 0 saturated heterocycles. The summed E-state index contributed by atoms with van der Waals surface area (Å²) in [6.07, 6.45) is 0.935. The highest BCUT2D eigenvalue weighted by Gasteiger charge is 1.91. The first-order valence-electron chi connectivity index (χ1n) is 3.70. The minimum absolute atomic E-state index is 0. The van der Waals surface area contributed by atoms with Crippen LogP contribution in [0.3, 0.4) is 0 Å². The third-order valence-electron chi connectivity index (χ3n) is 1.59. The van der Waals surface area contributed by atoms with E-state index in [-0.39, 0.29) is 12.4 Å². The lowest BCUT2D eigenvalue weighted by Crippen LogP contribution is -2.02. The minimum Gasteiger partial charge on any atom is -0.497 e. The van der Waals surface area contributed by atoms with E-state index in [1.54, 1.807) is 7.11 Å². The molecule has 0 atom stereocenters. The average Bonchev–Trinajstić information content (AvgIpc) is 2.07. The van der Waals surface area contributed by atoms with Gasteiger partial charge in [-0.3, -0.25) is 0 Å². The Morgan fingerprint density at radius 3 is 2.25 bits per heavy atom. The van der Waals surface area contributed by atoms with Crippen LogP contribution in [0.4, 0.5) is 0 Å². The Kier molecular flexibility index (Phi) is 5.51. The summed E-state index contributed by atoms with van der Waals surface area (Å²) in [6, 6.07) is 7.97. The van der Waals surface area contributed by atoms with E-state index in [1.807, 2.05) is 24.3 Å². The molecule has 12 heavy (non-hydrogen) atoms. The Bertz CT molecular complexity index is 210. The van der Waals surface area contributed by atoms with Gasteiger partial charge in [0.1, 0.15) is 5.75 Å². The number of nitrogens with two attached hydrogens (primary N) is 1. The van der Waals surface area contributed by atoms with Gasteiger partial charge in [0.15, 0.2) is 0 Å². The number of ether oxygens (including phenoxy) is 1. The molecule has 0 spiro atoms. The lowest BCUT2D eigenvalue weighted by Gasteiger charge is -2.00. The molecule has 0 aliphatic rings. The first-order valence-corrected chi connectivity index (χ1v) is 3.70. The molecule has 3 heteroatoms. The van der Waals surface area contributed by atoms with Crippen molar-refractivity contribution in [3.8, 4) is 5.75 Å². The summed E-state index contributed by atoms with van der Waals surface area (Å²) in [6.45, 7) is 0.701. The van der Waals surface area contributed by atoms with Crippen molar-refractivity contribution in [2.24, 2.45) is 5.73 Å². The molecule has 0 aliphatic carbocycles. The Morgan fingerprint density at radius 2 is 1.83 bits per heavy atom. The third-order valence-corrected chi connectivity index (χ3v) is 1.59. The smallest absolute Gasteiger partial charge is 0.118 e. The maximum absolute atomic E-state index is 5.40.